The summed E-state index contributed by atoms with van der Waals surface area (Å²) in [6.45, 7) is 3.44. The predicted octanol–water partition coefficient (Wildman–Crippen LogP) is 2.43. The first kappa shape index (κ1) is 15.1. The molecule has 0 radical (unpaired) electrons. The number of aryl methyl sites for hydroxylation is 1. The molecule has 1 N–H and O–H groups in total. The van der Waals surface area contributed by atoms with E-state index >= 15 is 0 Å². The van der Waals surface area contributed by atoms with Gasteiger partial charge in [-0.25, -0.2) is 0 Å². The van der Waals surface area contributed by atoms with Crippen LogP contribution in [0, 0.1) is 5.92 Å². The zero-order valence-corrected chi connectivity index (χ0v) is 13.3. The third kappa shape index (κ3) is 3.02. The number of hydrogen-bond donors (Lipinski definition) is 1. The van der Waals surface area contributed by atoms with Crippen LogP contribution in [0.3, 0.4) is 0 Å². The van der Waals surface area contributed by atoms with Crippen LogP contribution in [0.5, 0.6) is 0 Å². The molecule has 1 aliphatic rings. The molecule has 118 valence electrons. The van der Waals surface area contributed by atoms with Crippen molar-refractivity contribution in [2.24, 2.45) is 5.92 Å². The Hall–Kier alpha value is -1.81. The van der Waals surface area contributed by atoms with E-state index in [0.717, 1.165) is 30.3 Å². The molecule has 0 spiro atoms. The van der Waals surface area contributed by atoms with Crippen LogP contribution in [0.25, 0.3) is 10.9 Å². The highest BCUT2D eigenvalue weighted by molar-refractivity contribution is 5.89. The molecular weight excluding hydrogens is 276 g/mol. The number of para-hydroxylation sites is 1. The molecule has 1 atom stereocenters. The van der Waals surface area contributed by atoms with Crippen LogP contribution in [-0.4, -0.2) is 40.2 Å². The second kappa shape index (κ2) is 6.13. The number of hydrogen-bond acceptors (Lipinski definition) is 2. The third-order valence-corrected chi connectivity index (χ3v) is 4.61. The van der Waals surface area contributed by atoms with Crippen molar-refractivity contribution in [3.8, 4) is 0 Å². The Kier molecular flexibility index (Phi) is 4.21. The Morgan fingerprint density at radius 2 is 2.14 bits per heavy atom. The van der Waals surface area contributed by atoms with E-state index in [-0.39, 0.29) is 12.0 Å². The summed E-state index contributed by atoms with van der Waals surface area (Å²) >= 11 is 0. The van der Waals surface area contributed by atoms with Gasteiger partial charge in [-0.1, -0.05) is 18.2 Å². The molecule has 0 bridgehead atoms. The molecule has 4 nitrogen and oxygen atoms in total. The van der Waals surface area contributed by atoms with Crippen molar-refractivity contribution < 1.29 is 9.90 Å². The van der Waals surface area contributed by atoms with Crippen LogP contribution >= 0.6 is 0 Å². The van der Waals surface area contributed by atoms with Gasteiger partial charge in [-0.05, 0) is 37.3 Å². The van der Waals surface area contributed by atoms with E-state index in [1.54, 1.807) is 11.9 Å². The minimum atomic E-state index is -0.370. The molecule has 1 fully saturated rings. The zero-order valence-electron chi connectivity index (χ0n) is 13.3. The summed E-state index contributed by atoms with van der Waals surface area (Å²) in [5.41, 5.74) is 2.24. The Bertz CT molecular complexity index is 673. The Morgan fingerprint density at radius 1 is 1.41 bits per heavy atom. The molecule has 1 heterocycles. The average Bonchev–Trinajstić information content (AvgIpc) is 3.31. The lowest BCUT2D eigenvalue weighted by atomic mass is 10.1. The summed E-state index contributed by atoms with van der Waals surface area (Å²) in [6, 6.07) is 8.20. The summed E-state index contributed by atoms with van der Waals surface area (Å²) in [6.07, 6.45) is 4.28. The lowest BCUT2D eigenvalue weighted by molar-refractivity contribution is -0.130. The van der Waals surface area contributed by atoms with Crippen LogP contribution in [0.4, 0.5) is 0 Å². The second-order valence-electron chi connectivity index (χ2n) is 6.31. The molecule has 1 unspecified atom stereocenters. The maximum absolute atomic E-state index is 12.4. The van der Waals surface area contributed by atoms with Crippen LogP contribution in [0.2, 0.25) is 0 Å². The first-order chi connectivity index (χ1) is 10.6. The highest BCUT2D eigenvalue weighted by atomic mass is 16.3. The van der Waals surface area contributed by atoms with Gasteiger partial charge < -0.3 is 14.6 Å². The van der Waals surface area contributed by atoms with Crippen LogP contribution in [-0.2, 0) is 17.8 Å². The van der Waals surface area contributed by atoms with E-state index in [2.05, 4.69) is 29.8 Å². The number of carbonyl (C=O) groups is 1. The summed E-state index contributed by atoms with van der Waals surface area (Å²) in [5.74, 6) is 0.468. The largest absolute Gasteiger partial charge is 0.391 e. The van der Waals surface area contributed by atoms with Gasteiger partial charge in [0.2, 0.25) is 5.91 Å². The fraction of sp³-hybridized carbons (Fsp3) is 0.500. The number of aromatic nitrogens is 1. The SMILES string of the molecule is CCn1cc(CC(=O)N(C)CC(O)C2CC2)c2ccccc21. The lowest BCUT2D eigenvalue weighted by Gasteiger charge is -2.20. The molecule has 1 aromatic carbocycles. The van der Waals surface area contributed by atoms with Crippen molar-refractivity contribution in [2.45, 2.75) is 38.8 Å². The molecule has 1 saturated carbocycles. The molecule has 4 heteroatoms. The zero-order chi connectivity index (χ0) is 15.7. The Labute approximate surface area is 131 Å². The lowest BCUT2D eigenvalue weighted by Crippen LogP contribution is -2.36. The number of fused-ring (bicyclic) bond motifs is 1. The van der Waals surface area contributed by atoms with Gasteiger partial charge in [-0.15, -0.1) is 0 Å². The first-order valence-electron chi connectivity index (χ1n) is 8.09. The van der Waals surface area contributed by atoms with E-state index in [9.17, 15) is 9.90 Å². The van der Waals surface area contributed by atoms with Crippen LogP contribution in [0.15, 0.2) is 30.5 Å². The highest BCUT2D eigenvalue weighted by Crippen LogP contribution is 2.32. The molecule has 1 aromatic heterocycles. The minimum Gasteiger partial charge on any atom is -0.391 e. The topological polar surface area (TPSA) is 45.5 Å². The first-order valence-corrected chi connectivity index (χ1v) is 8.09. The van der Waals surface area contributed by atoms with Gasteiger partial charge >= 0.3 is 0 Å². The molecular formula is C18H24N2O2. The van der Waals surface area contributed by atoms with Gasteiger partial charge in [0.25, 0.3) is 0 Å². The van der Waals surface area contributed by atoms with Crippen molar-refractivity contribution in [3.05, 3.63) is 36.0 Å². The minimum absolute atomic E-state index is 0.0682. The van der Waals surface area contributed by atoms with E-state index in [1.165, 1.54) is 5.52 Å². The maximum Gasteiger partial charge on any atom is 0.226 e. The molecule has 0 aliphatic heterocycles. The van der Waals surface area contributed by atoms with E-state index in [1.807, 2.05) is 12.1 Å². The van der Waals surface area contributed by atoms with Gasteiger partial charge in [0, 0.05) is 37.2 Å². The van der Waals surface area contributed by atoms with E-state index in [0.29, 0.717) is 18.9 Å². The van der Waals surface area contributed by atoms with E-state index < -0.39 is 0 Å². The fourth-order valence-corrected chi connectivity index (χ4v) is 3.04. The standard InChI is InChI=1S/C18H24N2O2/c1-3-20-11-14(15-6-4-5-7-16(15)20)10-18(22)19(2)12-17(21)13-8-9-13/h4-7,11,13,17,21H,3,8-10,12H2,1-2H3. The molecule has 3 rings (SSSR count). The molecule has 22 heavy (non-hydrogen) atoms. The number of aliphatic hydroxyl groups is 1. The van der Waals surface area contributed by atoms with E-state index in [4.69, 9.17) is 0 Å². The quantitative estimate of drug-likeness (QED) is 0.890. The Morgan fingerprint density at radius 3 is 2.82 bits per heavy atom. The van der Waals surface area contributed by atoms with Crippen LogP contribution < -0.4 is 0 Å². The van der Waals surface area contributed by atoms with Gasteiger partial charge in [-0.3, -0.25) is 4.79 Å². The number of carbonyl (C=O) groups excluding carboxylic acids is 1. The van der Waals surface area contributed by atoms with Gasteiger partial charge in [0.15, 0.2) is 0 Å². The Balaban J connectivity index is 1.73. The number of nitrogens with zero attached hydrogens (tertiary/aromatic N) is 2. The number of aliphatic hydroxyl groups excluding tert-OH is 1. The maximum atomic E-state index is 12.4. The third-order valence-electron chi connectivity index (χ3n) is 4.61. The molecule has 0 saturated heterocycles. The normalized spacial score (nSPS) is 16.0. The van der Waals surface area contributed by atoms with Crippen molar-refractivity contribution in [2.75, 3.05) is 13.6 Å². The summed E-state index contributed by atoms with van der Waals surface area (Å²) in [5, 5.41) is 11.1. The summed E-state index contributed by atoms with van der Waals surface area (Å²) < 4.78 is 2.18. The second-order valence-corrected chi connectivity index (χ2v) is 6.31. The smallest absolute Gasteiger partial charge is 0.226 e. The number of amides is 1. The highest BCUT2D eigenvalue weighted by Gasteiger charge is 2.31. The van der Waals surface area contributed by atoms with Crippen LogP contribution in [0.1, 0.15) is 25.3 Å². The molecule has 2 aromatic rings. The van der Waals surface area contributed by atoms with Crippen molar-refractivity contribution >= 4 is 16.8 Å². The fourth-order valence-electron chi connectivity index (χ4n) is 3.04. The molecule has 1 amide bonds. The van der Waals surface area contributed by atoms with Crippen molar-refractivity contribution in [1.82, 2.24) is 9.47 Å². The summed E-state index contributed by atoms with van der Waals surface area (Å²) in [4.78, 5) is 14.1. The number of rotatable bonds is 6. The molecule has 1 aliphatic carbocycles. The van der Waals surface area contributed by atoms with Crippen molar-refractivity contribution in [3.63, 3.8) is 0 Å². The number of likely N-dealkylation sites (N-methyl/N-ethyl adjacent to an activating group) is 1. The van der Waals surface area contributed by atoms with Gasteiger partial charge in [0.05, 0.1) is 12.5 Å². The van der Waals surface area contributed by atoms with Gasteiger partial charge in [-0.2, -0.15) is 0 Å². The summed E-state index contributed by atoms with van der Waals surface area (Å²) in [7, 11) is 1.78. The van der Waals surface area contributed by atoms with Gasteiger partial charge in [0.1, 0.15) is 0 Å². The van der Waals surface area contributed by atoms with Crippen molar-refractivity contribution in [1.29, 1.82) is 0 Å². The monoisotopic (exact) mass is 300 g/mol. The predicted molar refractivity (Wildman–Crippen MR) is 87.7 cm³/mol. The number of benzene rings is 1. The average molecular weight is 300 g/mol.